The molecule has 0 saturated heterocycles. The summed E-state index contributed by atoms with van der Waals surface area (Å²) in [6.45, 7) is 0.494. The second kappa shape index (κ2) is 8.26. The molecule has 0 bridgehead atoms. The maximum absolute atomic E-state index is 12.8. The standard InChI is InChI=1S/C18H19ClN2O6S/c1-21(28(23,24)17-9-12(19)3-5-15(17)25-2)11-18(22)20-13-4-6-14-16(10-13)27-8-7-26-14/h3-6,9-10H,7-8,11H2,1-2H3,(H,20,22). The molecule has 0 fully saturated rings. The summed E-state index contributed by atoms with van der Waals surface area (Å²) in [6, 6.07) is 9.22. The lowest BCUT2D eigenvalue weighted by Crippen LogP contribution is -2.35. The van der Waals surface area contributed by atoms with Gasteiger partial charge in [0.15, 0.2) is 11.5 Å². The topological polar surface area (TPSA) is 94.2 Å². The summed E-state index contributed by atoms with van der Waals surface area (Å²) in [4.78, 5) is 12.2. The summed E-state index contributed by atoms with van der Waals surface area (Å²) in [5.74, 6) is 0.748. The first-order valence-corrected chi connectivity index (χ1v) is 10.1. The number of carbonyl (C=O) groups is 1. The van der Waals surface area contributed by atoms with Gasteiger partial charge in [-0.1, -0.05) is 11.6 Å². The lowest BCUT2D eigenvalue weighted by molar-refractivity contribution is -0.116. The number of fused-ring (bicyclic) bond motifs is 1. The highest BCUT2D eigenvalue weighted by atomic mass is 35.5. The Hall–Kier alpha value is -2.49. The third-order valence-corrected chi connectivity index (χ3v) is 6.07. The largest absolute Gasteiger partial charge is 0.495 e. The summed E-state index contributed by atoms with van der Waals surface area (Å²) in [7, 11) is -1.32. The minimum absolute atomic E-state index is 0.114. The minimum atomic E-state index is -3.99. The Morgan fingerprint density at radius 3 is 2.61 bits per heavy atom. The van der Waals surface area contributed by atoms with Crippen molar-refractivity contribution in [2.75, 3.05) is 39.2 Å². The smallest absolute Gasteiger partial charge is 0.247 e. The van der Waals surface area contributed by atoms with Gasteiger partial charge in [0.1, 0.15) is 23.9 Å². The van der Waals surface area contributed by atoms with Crippen LogP contribution in [-0.2, 0) is 14.8 Å². The number of nitrogens with one attached hydrogen (secondary N) is 1. The van der Waals surface area contributed by atoms with E-state index in [4.69, 9.17) is 25.8 Å². The highest BCUT2D eigenvalue weighted by Gasteiger charge is 2.27. The van der Waals surface area contributed by atoms with Crippen LogP contribution in [-0.4, -0.2) is 52.5 Å². The van der Waals surface area contributed by atoms with Crippen molar-refractivity contribution in [3.8, 4) is 17.2 Å². The Bertz CT molecular complexity index is 996. The van der Waals surface area contributed by atoms with Gasteiger partial charge in [0.05, 0.1) is 13.7 Å². The van der Waals surface area contributed by atoms with E-state index < -0.39 is 22.5 Å². The van der Waals surface area contributed by atoms with Crippen molar-refractivity contribution in [3.05, 3.63) is 41.4 Å². The second-order valence-electron chi connectivity index (χ2n) is 5.96. The molecule has 0 spiro atoms. The SMILES string of the molecule is COc1ccc(Cl)cc1S(=O)(=O)N(C)CC(=O)Nc1ccc2c(c1)OCCO2. The molecule has 1 amide bonds. The molecule has 2 aromatic rings. The summed E-state index contributed by atoms with van der Waals surface area (Å²) < 4.78 is 42.5. The number of benzene rings is 2. The fourth-order valence-electron chi connectivity index (χ4n) is 2.63. The highest BCUT2D eigenvalue weighted by molar-refractivity contribution is 7.89. The van der Waals surface area contributed by atoms with E-state index in [0.717, 1.165) is 4.31 Å². The van der Waals surface area contributed by atoms with E-state index in [1.807, 2.05) is 0 Å². The molecule has 1 aliphatic rings. The number of amides is 1. The number of halogens is 1. The third-order valence-electron chi connectivity index (χ3n) is 4.01. The van der Waals surface area contributed by atoms with E-state index in [2.05, 4.69) is 5.32 Å². The molecular formula is C18H19ClN2O6S. The number of likely N-dealkylation sites (N-methyl/N-ethyl adjacent to an activating group) is 1. The number of methoxy groups -OCH3 is 1. The first kappa shape index (κ1) is 20.2. The summed E-state index contributed by atoms with van der Waals surface area (Å²) >= 11 is 5.92. The molecule has 10 heteroatoms. The maximum Gasteiger partial charge on any atom is 0.247 e. The molecule has 0 radical (unpaired) electrons. The predicted molar refractivity (Wildman–Crippen MR) is 104 cm³/mol. The van der Waals surface area contributed by atoms with Gasteiger partial charge in [0, 0.05) is 23.8 Å². The van der Waals surface area contributed by atoms with E-state index >= 15 is 0 Å². The van der Waals surface area contributed by atoms with E-state index in [0.29, 0.717) is 30.4 Å². The van der Waals surface area contributed by atoms with Crippen LogP contribution in [0.5, 0.6) is 17.2 Å². The van der Waals surface area contributed by atoms with Crippen LogP contribution in [0.3, 0.4) is 0 Å². The molecular weight excluding hydrogens is 408 g/mol. The fraction of sp³-hybridized carbons (Fsp3) is 0.278. The van der Waals surface area contributed by atoms with E-state index in [-0.39, 0.29) is 15.7 Å². The lowest BCUT2D eigenvalue weighted by atomic mass is 10.2. The zero-order valence-electron chi connectivity index (χ0n) is 15.3. The van der Waals surface area contributed by atoms with Crippen LogP contribution in [0.4, 0.5) is 5.69 Å². The quantitative estimate of drug-likeness (QED) is 0.762. The number of carbonyl (C=O) groups excluding carboxylic acids is 1. The van der Waals surface area contributed by atoms with E-state index in [9.17, 15) is 13.2 Å². The normalized spacial score (nSPS) is 13.3. The first-order valence-electron chi connectivity index (χ1n) is 8.30. The predicted octanol–water partition coefficient (Wildman–Crippen LogP) is 2.38. The molecule has 0 aromatic heterocycles. The molecule has 28 heavy (non-hydrogen) atoms. The summed E-state index contributed by atoms with van der Waals surface area (Å²) in [6.07, 6.45) is 0. The van der Waals surface area contributed by atoms with Crippen LogP contribution in [0.25, 0.3) is 0 Å². The van der Waals surface area contributed by atoms with Crippen molar-refractivity contribution in [1.29, 1.82) is 0 Å². The molecule has 1 N–H and O–H groups in total. The Balaban J connectivity index is 1.72. The van der Waals surface area contributed by atoms with Crippen LogP contribution in [0.1, 0.15) is 0 Å². The molecule has 0 aliphatic carbocycles. The number of anilines is 1. The van der Waals surface area contributed by atoms with Gasteiger partial charge in [0.2, 0.25) is 15.9 Å². The van der Waals surface area contributed by atoms with Gasteiger partial charge in [0.25, 0.3) is 0 Å². The van der Waals surface area contributed by atoms with Gasteiger partial charge in [-0.05, 0) is 30.3 Å². The molecule has 0 unspecified atom stereocenters. The lowest BCUT2D eigenvalue weighted by Gasteiger charge is -2.20. The van der Waals surface area contributed by atoms with E-state index in [1.165, 1.54) is 32.4 Å². The number of rotatable bonds is 6. The third kappa shape index (κ3) is 4.32. The Morgan fingerprint density at radius 1 is 1.18 bits per heavy atom. The number of ether oxygens (including phenoxy) is 3. The minimum Gasteiger partial charge on any atom is -0.495 e. The number of hydrogen-bond acceptors (Lipinski definition) is 6. The van der Waals surface area contributed by atoms with Crippen molar-refractivity contribution in [2.24, 2.45) is 0 Å². The van der Waals surface area contributed by atoms with Crippen LogP contribution < -0.4 is 19.5 Å². The fourth-order valence-corrected chi connectivity index (χ4v) is 4.17. The molecule has 3 rings (SSSR count). The molecule has 0 atom stereocenters. The Kier molecular flexibility index (Phi) is 5.97. The molecule has 1 heterocycles. The Morgan fingerprint density at radius 2 is 1.89 bits per heavy atom. The molecule has 2 aromatic carbocycles. The Labute approximate surface area is 168 Å². The van der Waals surface area contributed by atoms with Gasteiger partial charge >= 0.3 is 0 Å². The number of hydrogen-bond donors (Lipinski definition) is 1. The number of sulfonamides is 1. The highest BCUT2D eigenvalue weighted by Crippen LogP contribution is 2.33. The van der Waals surface area contributed by atoms with E-state index in [1.54, 1.807) is 18.2 Å². The molecule has 8 nitrogen and oxygen atoms in total. The van der Waals surface area contributed by atoms with Gasteiger partial charge in [-0.25, -0.2) is 8.42 Å². The maximum atomic E-state index is 12.8. The van der Waals surface area contributed by atoms with Gasteiger partial charge in [-0.3, -0.25) is 4.79 Å². The van der Waals surface area contributed by atoms with Crippen molar-refractivity contribution in [3.63, 3.8) is 0 Å². The van der Waals surface area contributed by atoms with Crippen LogP contribution in [0.15, 0.2) is 41.3 Å². The zero-order valence-corrected chi connectivity index (χ0v) is 16.8. The van der Waals surface area contributed by atoms with Crippen LogP contribution in [0, 0.1) is 0 Å². The average molecular weight is 427 g/mol. The van der Waals surface area contributed by atoms with Crippen molar-refractivity contribution in [2.45, 2.75) is 4.90 Å². The number of nitrogens with zero attached hydrogens (tertiary/aromatic N) is 1. The van der Waals surface area contributed by atoms with Gasteiger partial charge < -0.3 is 19.5 Å². The van der Waals surface area contributed by atoms with Crippen molar-refractivity contribution < 1.29 is 27.4 Å². The van der Waals surface area contributed by atoms with Crippen LogP contribution >= 0.6 is 11.6 Å². The first-order chi connectivity index (χ1) is 13.3. The van der Waals surface area contributed by atoms with Crippen molar-refractivity contribution >= 4 is 33.2 Å². The van der Waals surface area contributed by atoms with Crippen LogP contribution in [0.2, 0.25) is 5.02 Å². The summed E-state index contributed by atoms with van der Waals surface area (Å²) in [5.41, 5.74) is 0.473. The van der Waals surface area contributed by atoms with Gasteiger partial charge in [-0.2, -0.15) is 4.31 Å². The monoisotopic (exact) mass is 426 g/mol. The molecule has 150 valence electrons. The molecule has 1 aliphatic heterocycles. The van der Waals surface area contributed by atoms with Crippen molar-refractivity contribution in [1.82, 2.24) is 4.31 Å². The van der Waals surface area contributed by atoms with Gasteiger partial charge in [-0.15, -0.1) is 0 Å². The summed E-state index contributed by atoms with van der Waals surface area (Å²) in [5, 5.41) is 2.89. The molecule has 0 saturated carbocycles. The second-order valence-corrected chi connectivity index (χ2v) is 8.41. The zero-order chi connectivity index (χ0) is 20.3. The average Bonchev–Trinajstić information content (AvgIpc) is 2.67.